The Morgan fingerprint density at radius 3 is 2.69 bits per heavy atom. The van der Waals surface area contributed by atoms with Gasteiger partial charge < -0.3 is 19.5 Å². The average molecular weight is 361 g/mol. The van der Waals surface area contributed by atoms with Crippen molar-refractivity contribution < 1.29 is 19.0 Å². The van der Waals surface area contributed by atoms with E-state index in [0.29, 0.717) is 13.2 Å². The molecule has 0 saturated heterocycles. The Kier molecular flexibility index (Phi) is 11.1. The lowest BCUT2D eigenvalue weighted by Crippen LogP contribution is -2.19. The highest BCUT2D eigenvalue weighted by molar-refractivity contribution is 5.66. The maximum Gasteiger partial charge on any atom is 0.302 e. The quantitative estimate of drug-likeness (QED) is 0.352. The minimum absolute atomic E-state index is 0.270. The van der Waals surface area contributed by atoms with Crippen molar-refractivity contribution in [3.63, 3.8) is 0 Å². The fraction of sp³-hybridized carbons (Fsp3) is 0.476. The molecule has 0 atom stereocenters. The van der Waals surface area contributed by atoms with Crippen molar-refractivity contribution in [2.24, 2.45) is 0 Å². The molecule has 0 aliphatic heterocycles. The van der Waals surface area contributed by atoms with E-state index in [2.05, 4.69) is 24.4 Å². The first-order chi connectivity index (χ1) is 12.6. The third kappa shape index (κ3) is 9.39. The molecule has 5 nitrogen and oxygen atoms in total. The van der Waals surface area contributed by atoms with Gasteiger partial charge in [0, 0.05) is 14.0 Å². The lowest BCUT2D eigenvalue weighted by molar-refractivity contribution is -0.139. The Morgan fingerprint density at radius 2 is 2.00 bits per heavy atom. The van der Waals surface area contributed by atoms with E-state index >= 15 is 0 Å². The highest BCUT2D eigenvalue weighted by atomic mass is 16.5. The van der Waals surface area contributed by atoms with Crippen molar-refractivity contribution in [3.05, 3.63) is 53.1 Å². The smallest absolute Gasteiger partial charge is 0.302 e. The van der Waals surface area contributed by atoms with E-state index in [0.717, 1.165) is 37.3 Å². The number of aryl methyl sites for hydroxylation is 1. The van der Waals surface area contributed by atoms with Crippen molar-refractivity contribution in [2.45, 2.75) is 26.7 Å². The Balaban J connectivity index is 2.42. The topological polar surface area (TPSA) is 56.8 Å². The van der Waals surface area contributed by atoms with E-state index < -0.39 is 0 Å². The largest absolute Gasteiger partial charge is 0.497 e. The maximum atomic E-state index is 10.9. The second kappa shape index (κ2) is 13.1. The highest BCUT2D eigenvalue weighted by Crippen LogP contribution is 2.17. The van der Waals surface area contributed by atoms with Gasteiger partial charge in [-0.15, -0.1) is 0 Å². The summed E-state index contributed by atoms with van der Waals surface area (Å²) in [6.45, 7) is 6.14. The number of rotatable bonds is 12. The molecule has 0 bridgehead atoms. The predicted molar refractivity (Wildman–Crippen MR) is 105 cm³/mol. The third-order valence-corrected chi connectivity index (χ3v) is 3.94. The van der Waals surface area contributed by atoms with Gasteiger partial charge in [-0.05, 0) is 67.8 Å². The molecule has 0 fully saturated rings. The first-order valence-corrected chi connectivity index (χ1v) is 8.89. The molecule has 0 aliphatic rings. The van der Waals surface area contributed by atoms with Gasteiger partial charge in [-0.3, -0.25) is 4.79 Å². The first kappa shape index (κ1) is 21.9. The summed E-state index contributed by atoms with van der Waals surface area (Å²) in [5.41, 5.74) is 3.69. The molecule has 0 amide bonds. The second-order valence-electron chi connectivity index (χ2n) is 5.98. The lowest BCUT2D eigenvalue weighted by atomic mass is 10.1. The number of hydrogen-bond acceptors (Lipinski definition) is 5. The zero-order valence-electron chi connectivity index (χ0n) is 16.3. The monoisotopic (exact) mass is 361 g/mol. The number of ether oxygens (including phenoxy) is 3. The first-order valence-electron chi connectivity index (χ1n) is 8.89. The molecule has 0 saturated carbocycles. The van der Waals surface area contributed by atoms with Gasteiger partial charge in [0.15, 0.2) is 0 Å². The van der Waals surface area contributed by atoms with Crippen molar-refractivity contribution in [1.29, 1.82) is 0 Å². The van der Waals surface area contributed by atoms with E-state index in [1.807, 2.05) is 24.3 Å². The summed E-state index contributed by atoms with van der Waals surface area (Å²) in [7, 11) is 3.35. The Morgan fingerprint density at radius 1 is 1.19 bits per heavy atom. The van der Waals surface area contributed by atoms with Gasteiger partial charge in [-0.25, -0.2) is 0 Å². The average Bonchev–Trinajstić information content (AvgIpc) is 2.62. The molecule has 0 unspecified atom stereocenters. The molecule has 144 valence electrons. The molecule has 5 heteroatoms. The minimum atomic E-state index is -0.270. The minimum Gasteiger partial charge on any atom is -0.497 e. The van der Waals surface area contributed by atoms with Gasteiger partial charge in [0.2, 0.25) is 0 Å². The van der Waals surface area contributed by atoms with Crippen LogP contribution < -0.4 is 10.1 Å². The molecule has 0 radical (unpaired) electrons. The molecule has 0 aliphatic carbocycles. The van der Waals surface area contributed by atoms with E-state index in [-0.39, 0.29) is 5.97 Å². The summed E-state index contributed by atoms with van der Waals surface area (Å²) in [5, 5.41) is 3.46. The van der Waals surface area contributed by atoms with Gasteiger partial charge in [-0.1, -0.05) is 18.2 Å². The second-order valence-corrected chi connectivity index (χ2v) is 5.98. The maximum absolute atomic E-state index is 10.9. The van der Waals surface area contributed by atoms with Gasteiger partial charge in [0.25, 0.3) is 0 Å². The molecular weight excluding hydrogens is 330 g/mol. The zero-order chi connectivity index (χ0) is 19.2. The fourth-order valence-electron chi connectivity index (χ4n) is 2.44. The molecule has 26 heavy (non-hydrogen) atoms. The van der Waals surface area contributed by atoms with E-state index in [1.54, 1.807) is 14.2 Å². The van der Waals surface area contributed by atoms with Crippen LogP contribution in [0.1, 0.15) is 24.5 Å². The van der Waals surface area contributed by atoms with Crippen LogP contribution in [0.3, 0.4) is 0 Å². The Bertz CT molecular complexity index is 608. The summed E-state index contributed by atoms with van der Waals surface area (Å²) in [6, 6.07) is 6.17. The number of benzene rings is 1. The van der Waals surface area contributed by atoms with Crippen molar-refractivity contribution >= 4 is 5.97 Å². The SMILES string of the molecule is COC/C=C\C(=C/COC(C)=O)CCNCCc1cc(OC)ccc1C. The number of allylic oxidation sites excluding steroid dienone is 1. The highest BCUT2D eigenvalue weighted by Gasteiger charge is 2.01. The summed E-state index contributed by atoms with van der Waals surface area (Å²) < 4.78 is 15.3. The van der Waals surface area contributed by atoms with E-state index in [9.17, 15) is 4.79 Å². The van der Waals surface area contributed by atoms with Crippen LogP contribution in [0, 0.1) is 6.92 Å². The van der Waals surface area contributed by atoms with E-state index in [1.165, 1.54) is 18.1 Å². The van der Waals surface area contributed by atoms with Gasteiger partial charge in [0.1, 0.15) is 12.4 Å². The predicted octanol–water partition coefficient (Wildman–Crippen LogP) is 3.22. The normalized spacial score (nSPS) is 11.8. The number of nitrogens with one attached hydrogen (secondary N) is 1. The number of methoxy groups -OCH3 is 2. The van der Waals surface area contributed by atoms with Crippen molar-refractivity contribution in [3.8, 4) is 5.75 Å². The van der Waals surface area contributed by atoms with Crippen LogP contribution in [0.5, 0.6) is 5.75 Å². The Labute approximate surface area is 157 Å². The lowest BCUT2D eigenvalue weighted by Gasteiger charge is -2.10. The van der Waals surface area contributed by atoms with Gasteiger partial charge in [-0.2, -0.15) is 0 Å². The van der Waals surface area contributed by atoms with Gasteiger partial charge >= 0.3 is 5.97 Å². The zero-order valence-corrected chi connectivity index (χ0v) is 16.3. The third-order valence-electron chi connectivity index (χ3n) is 3.94. The van der Waals surface area contributed by atoms with Crippen molar-refractivity contribution in [2.75, 3.05) is 40.5 Å². The molecule has 0 spiro atoms. The Hall–Kier alpha value is -2.11. The molecule has 1 rings (SSSR count). The summed E-state index contributed by atoms with van der Waals surface area (Å²) in [5.74, 6) is 0.623. The molecule has 1 N–H and O–H groups in total. The molecular formula is C21H31NO4. The van der Waals surface area contributed by atoms with Crippen molar-refractivity contribution in [1.82, 2.24) is 5.32 Å². The van der Waals surface area contributed by atoms with Crippen LogP contribution in [0.4, 0.5) is 0 Å². The molecule has 1 aromatic rings. The number of esters is 1. The number of carbonyl (C=O) groups is 1. The number of hydrogen-bond donors (Lipinski definition) is 1. The standard InChI is InChI=1S/C21H31NO4/c1-17-7-8-21(25-4)16-20(17)10-13-22-12-9-19(6-5-14-24-3)11-15-26-18(2)23/h5-8,11,16,22H,9-10,12-15H2,1-4H3/b6-5-,19-11+. The van der Waals surface area contributed by atoms with Crippen LogP contribution in [0.2, 0.25) is 0 Å². The van der Waals surface area contributed by atoms with Crippen LogP contribution in [0.25, 0.3) is 0 Å². The van der Waals surface area contributed by atoms with Crippen LogP contribution in [0.15, 0.2) is 42.0 Å². The molecule has 0 aromatic heterocycles. The summed E-state index contributed by atoms with van der Waals surface area (Å²) in [6.07, 6.45) is 7.72. The van der Waals surface area contributed by atoms with Crippen LogP contribution >= 0.6 is 0 Å². The van der Waals surface area contributed by atoms with Crippen LogP contribution in [-0.2, 0) is 20.7 Å². The van der Waals surface area contributed by atoms with E-state index in [4.69, 9.17) is 14.2 Å². The van der Waals surface area contributed by atoms with Crippen LogP contribution in [-0.4, -0.2) is 46.5 Å². The molecule has 0 heterocycles. The fourth-order valence-corrected chi connectivity index (χ4v) is 2.44. The van der Waals surface area contributed by atoms with Gasteiger partial charge in [0.05, 0.1) is 13.7 Å². The number of carbonyl (C=O) groups excluding carboxylic acids is 1. The summed E-state index contributed by atoms with van der Waals surface area (Å²) >= 11 is 0. The summed E-state index contributed by atoms with van der Waals surface area (Å²) in [4.78, 5) is 10.9. The molecule has 1 aromatic carbocycles.